The third-order valence-corrected chi connectivity index (χ3v) is 3.15. The molecule has 18 heavy (non-hydrogen) atoms. The van der Waals surface area contributed by atoms with Crippen LogP contribution >= 0.6 is 15.9 Å². The number of carboxylic acids is 1. The Hall–Kier alpha value is -1.76. The fraction of sp³-hybridized carbons (Fsp3) is 0.273. The molecule has 0 amide bonds. The van der Waals surface area contributed by atoms with Gasteiger partial charge in [0.2, 0.25) is 0 Å². The van der Waals surface area contributed by atoms with Crippen LogP contribution in [0.5, 0.6) is 0 Å². The molecule has 1 heterocycles. The number of halogens is 1. The van der Waals surface area contributed by atoms with E-state index in [1.54, 1.807) is 13.8 Å². The SMILES string of the molecule is CC(C)(C(=O)O)n1nnnc1-c1ccc(Br)cc1. The Balaban J connectivity index is 2.52. The van der Waals surface area contributed by atoms with Crippen LogP contribution < -0.4 is 0 Å². The van der Waals surface area contributed by atoms with E-state index in [4.69, 9.17) is 0 Å². The highest BCUT2D eigenvalue weighted by Crippen LogP contribution is 2.24. The number of hydrogen-bond donors (Lipinski definition) is 1. The van der Waals surface area contributed by atoms with Crippen molar-refractivity contribution in [2.24, 2.45) is 0 Å². The van der Waals surface area contributed by atoms with E-state index in [2.05, 4.69) is 31.5 Å². The largest absolute Gasteiger partial charge is 0.479 e. The summed E-state index contributed by atoms with van der Waals surface area (Å²) in [5.41, 5.74) is -0.441. The maximum Gasteiger partial charge on any atom is 0.331 e. The van der Waals surface area contributed by atoms with Crippen LogP contribution in [0.15, 0.2) is 28.7 Å². The van der Waals surface area contributed by atoms with Crippen molar-refractivity contribution in [1.82, 2.24) is 20.2 Å². The summed E-state index contributed by atoms with van der Waals surface area (Å²) in [7, 11) is 0. The third kappa shape index (κ3) is 2.13. The number of aromatic nitrogens is 4. The molecule has 7 heteroatoms. The van der Waals surface area contributed by atoms with Gasteiger partial charge in [-0.1, -0.05) is 28.1 Å². The summed E-state index contributed by atoms with van der Waals surface area (Å²) in [6.07, 6.45) is 0. The lowest BCUT2D eigenvalue weighted by molar-refractivity contribution is -0.146. The first kappa shape index (κ1) is 12.7. The average molecular weight is 311 g/mol. The van der Waals surface area contributed by atoms with Gasteiger partial charge in [0.1, 0.15) is 0 Å². The van der Waals surface area contributed by atoms with Crippen molar-refractivity contribution >= 4 is 21.9 Å². The molecule has 94 valence electrons. The molecule has 0 atom stereocenters. The van der Waals surface area contributed by atoms with Gasteiger partial charge in [0.05, 0.1) is 0 Å². The molecule has 2 aromatic rings. The molecular weight excluding hydrogens is 300 g/mol. The highest BCUT2D eigenvalue weighted by molar-refractivity contribution is 9.10. The van der Waals surface area contributed by atoms with Crippen molar-refractivity contribution in [2.75, 3.05) is 0 Å². The van der Waals surface area contributed by atoms with E-state index in [0.29, 0.717) is 5.82 Å². The molecule has 0 aliphatic heterocycles. The topological polar surface area (TPSA) is 80.9 Å². The Morgan fingerprint density at radius 2 is 1.94 bits per heavy atom. The van der Waals surface area contributed by atoms with Gasteiger partial charge in [-0.2, -0.15) is 0 Å². The number of rotatable bonds is 3. The van der Waals surface area contributed by atoms with E-state index in [0.717, 1.165) is 10.0 Å². The minimum atomic E-state index is -1.20. The lowest BCUT2D eigenvalue weighted by Gasteiger charge is -2.20. The Morgan fingerprint density at radius 3 is 2.50 bits per heavy atom. The van der Waals surface area contributed by atoms with Crippen LogP contribution in [0.3, 0.4) is 0 Å². The van der Waals surface area contributed by atoms with Crippen LogP contribution in [0.4, 0.5) is 0 Å². The molecule has 2 rings (SSSR count). The zero-order valence-electron chi connectivity index (χ0n) is 9.83. The molecule has 0 unspecified atom stereocenters. The van der Waals surface area contributed by atoms with E-state index in [-0.39, 0.29) is 0 Å². The summed E-state index contributed by atoms with van der Waals surface area (Å²) in [6.45, 7) is 3.10. The van der Waals surface area contributed by atoms with Gasteiger partial charge in [-0.3, -0.25) is 0 Å². The minimum Gasteiger partial charge on any atom is -0.479 e. The van der Waals surface area contributed by atoms with Crippen molar-refractivity contribution in [1.29, 1.82) is 0 Å². The molecule has 0 radical (unpaired) electrons. The molecule has 0 saturated carbocycles. The van der Waals surface area contributed by atoms with Crippen LogP contribution in [0.2, 0.25) is 0 Å². The molecule has 1 aromatic heterocycles. The standard InChI is InChI=1S/C11H11BrN4O2/c1-11(2,10(17)18)16-9(13-14-15-16)7-3-5-8(12)6-4-7/h3-6H,1-2H3,(H,17,18). The predicted molar refractivity (Wildman–Crippen MR) is 67.9 cm³/mol. The third-order valence-electron chi connectivity index (χ3n) is 2.62. The van der Waals surface area contributed by atoms with Crippen LogP contribution in [-0.4, -0.2) is 31.3 Å². The van der Waals surface area contributed by atoms with Crippen LogP contribution in [0.1, 0.15) is 13.8 Å². The zero-order chi connectivity index (χ0) is 13.3. The molecule has 0 aliphatic rings. The van der Waals surface area contributed by atoms with E-state index in [9.17, 15) is 9.90 Å². The molecule has 0 bridgehead atoms. The maximum absolute atomic E-state index is 11.2. The highest BCUT2D eigenvalue weighted by Gasteiger charge is 2.33. The van der Waals surface area contributed by atoms with Gasteiger partial charge in [0.25, 0.3) is 0 Å². The number of carbonyl (C=O) groups is 1. The predicted octanol–water partition coefficient (Wildman–Crippen LogP) is 1.92. The number of tetrazole rings is 1. The van der Waals surface area contributed by atoms with Crippen molar-refractivity contribution in [3.05, 3.63) is 28.7 Å². The van der Waals surface area contributed by atoms with Crippen LogP contribution in [-0.2, 0) is 10.3 Å². The van der Waals surface area contributed by atoms with Crippen LogP contribution in [0.25, 0.3) is 11.4 Å². The fourth-order valence-electron chi connectivity index (χ4n) is 1.43. The summed E-state index contributed by atoms with van der Waals surface area (Å²) >= 11 is 3.34. The first-order valence-corrected chi connectivity index (χ1v) is 6.00. The van der Waals surface area contributed by atoms with Crippen molar-refractivity contribution in [3.63, 3.8) is 0 Å². The van der Waals surface area contributed by atoms with Gasteiger partial charge in [0, 0.05) is 10.0 Å². The number of carboxylic acid groups (broad SMARTS) is 1. The highest BCUT2D eigenvalue weighted by atomic mass is 79.9. The Morgan fingerprint density at radius 1 is 1.33 bits per heavy atom. The number of aliphatic carboxylic acids is 1. The van der Waals surface area contributed by atoms with Crippen molar-refractivity contribution < 1.29 is 9.90 Å². The Labute approximate surface area is 112 Å². The van der Waals surface area contributed by atoms with Gasteiger partial charge in [-0.15, -0.1) is 5.10 Å². The first-order valence-electron chi connectivity index (χ1n) is 5.21. The molecule has 1 N–H and O–H groups in total. The monoisotopic (exact) mass is 310 g/mol. The van der Waals surface area contributed by atoms with Gasteiger partial charge in [0.15, 0.2) is 11.4 Å². The first-order chi connectivity index (χ1) is 8.43. The Bertz CT molecular complexity index is 577. The van der Waals surface area contributed by atoms with Crippen molar-refractivity contribution in [3.8, 4) is 11.4 Å². The molecule has 0 spiro atoms. The van der Waals surface area contributed by atoms with Gasteiger partial charge in [-0.05, 0) is 36.4 Å². The summed E-state index contributed by atoms with van der Waals surface area (Å²) in [5, 5.41) is 20.4. The minimum absolute atomic E-state index is 0.426. The van der Waals surface area contributed by atoms with E-state index in [1.807, 2.05) is 24.3 Å². The second kappa shape index (κ2) is 4.49. The summed E-state index contributed by atoms with van der Waals surface area (Å²) in [4.78, 5) is 11.2. The van der Waals surface area contributed by atoms with E-state index < -0.39 is 11.5 Å². The molecule has 6 nitrogen and oxygen atoms in total. The quantitative estimate of drug-likeness (QED) is 0.936. The molecule has 1 aromatic carbocycles. The van der Waals surface area contributed by atoms with Crippen LogP contribution in [0, 0.1) is 0 Å². The fourth-order valence-corrected chi connectivity index (χ4v) is 1.70. The lowest BCUT2D eigenvalue weighted by atomic mass is 10.1. The number of benzene rings is 1. The maximum atomic E-state index is 11.2. The second-order valence-electron chi connectivity index (χ2n) is 4.29. The molecular formula is C11H11BrN4O2. The average Bonchev–Trinajstić information content (AvgIpc) is 2.79. The van der Waals surface area contributed by atoms with Gasteiger partial charge in [-0.25, -0.2) is 9.48 Å². The van der Waals surface area contributed by atoms with E-state index in [1.165, 1.54) is 4.68 Å². The summed E-state index contributed by atoms with van der Waals surface area (Å²) < 4.78 is 2.24. The molecule has 0 fully saturated rings. The van der Waals surface area contributed by atoms with E-state index >= 15 is 0 Å². The number of hydrogen-bond acceptors (Lipinski definition) is 4. The van der Waals surface area contributed by atoms with Gasteiger partial charge < -0.3 is 5.11 Å². The smallest absolute Gasteiger partial charge is 0.331 e. The Kier molecular flexibility index (Phi) is 3.16. The molecule has 0 saturated heterocycles. The summed E-state index contributed by atoms with van der Waals surface area (Å²) in [6, 6.07) is 7.35. The van der Waals surface area contributed by atoms with Crippen molar-refractivity contribution in [2.45, 2.75) is 19.4 Å². The zero-order valence-corrected chi connectivity index (χ0v) is 11.4. The summed E-state index contributed by atoms with van der Waals surface area (Å²) in [5.74, 6) is -0.567. The molecule has 0 aliphatic carbocycles. The lowest BCUT2D eigenvalue weighted by Crippen LogP contribution is -2.37. The number of nitrogens with zero attached hydrogens (tertiary/aromatic N) is 4. The second-order valence-corrected chi connectivity index (χ2v) is 5.20. The van der Waals surface area contributed by atoms with Gasteiger partial charge >= 0.3 is 5.97 Å². The normalized spacial score (nSPS) is 11.5.